The van der Waals surface area contributed by atoms with Gasteiger partial charge < -0.3 is 20.5 Å². The molecular weight excluding hydrogens is 444 g/mol. The van der Waals surface area contributed by atoms with Gasteiger partial charge in [-0.25, -0.2) is 9.59 Å². The van der Waals surface area contributed by atoms with Gasteiger partial charge in [0.1, 0.15) is 12.6 Å². The number of hydrogen-bond donors (Lipinski definition) is 3. The molecule has 2 aromatic rings. The minimum Gasteiger partial charge on any atom is -0.480 e. The van der Waals surface area contributed by atoms with Crippen LogP contribution < -0.4 is 10.6 Å². The summed E-state index contributed by atoms with van der Waals surface area (Å²) in [6.07, 6.45) is 2.58. The van der Waals surface area contributed by atoms with E-state index in [1.807, 2.05) is 38.1 Å². The fourth-order valence-corrected chi connectivity index (χ4v) is 5.45. The number of nitrogens with one attached hydrogen (secondary N) is 2. The Hall–Kier alpha value is -3.35. The highest BCUT2D eigenvalue weighted by Crippen LogP contribution is 2.44. The zero-order valence-corrected chi connectivity index (χ0v) is 20.3. The van der Waals surface area contributed by atoms with E-state index in [1.165, 1.54) is 11.1 Å². The molecule has 1 fully saturated rings. The summed E-state index contributed by atoms with van der Waals surface area (Å²) in [4.78, 5) is 36.7. The third-order valence-corrected chi connectivity index (χ3v) is 7.09. The number of aliphatic carboxylic acids is 1. The fourth-order valence-electron chi connectivity index (χ4n) is 5.45. The largest absolute Gasteiger partial charge is 0.480 e. The summed E-state index contributed by atoms with van der Waals surface area (Å²) < 4.78 is 5.67. The molecule has 3 N–H and O–H groups in total. The van der Waals surface area contributed by atoms with Gasteiger partial charge in [0.25, 0.3) is 0 Å². The molecule has 2 aliphatic rings. The minimum absolute atomic E-state index is 0.00721. The molecule has 4 rings (SSSR count). The number of amides is 2. The Bertz CT molecular complexity index is 1040. The third kappa shape index (κ3) is 5.84. The highest BCUT2D eigenvalue weighted by molar-refractivity contribution is 5.83. The molecule has 0 unspecified atom stereocenters. The summed E-state index contributed by atoms with van der Waals surface area (Å²) in [5, 5.41) is 15.0. The second-order valence-electron chi connectivity index (χ2n) is 10.1. The number of alkyl carbamates (subject to hydrolysis) is 1. The van der Waals surface area contributed by atoms with Crippen LogP contribution >= 0.6 is 0 Å². The van der Waals surface area contributed by atoms with Crippen molar-refractivity contribution in [3.8, 4) is 11.1 Å². The van der Waals surface area contributed by atoms with E-state index in [-0.39, 0.29) is 42.7 Å². The number of benzene rings is 2. The van der Waals surface area contributed by atoms with Gasteiger partial charge in [0.2, 0.25) is 5.91 Å². The second-order valence-corrected chi connectivity index (χ2v) is 10.1. The Morgan fingerprint density at radius 2 is 1.63 bits per heavy atom. The van der Waals surface area contributed by atoms with Crippen molar-refractivity contribution in [1.29, 1.82) is 0 Å². The van der Waals surface area contributed by atoms with Gasteiger partial charge in [-0.05, 0) is 53.4 Å². The van der Waals surface area contributed by atoms with Crippen molar-refractivity contribution >= 4 is 18.0 Å². The molecule has 2 aliphatic carbocycles. The Labute approximate surface area is 206 Å². The number of carbonyl (C=O) groups is 3. The van der Waals surface area contributed by atoms with E-state index in [1.54, 1.807) is 0 Å². The molecule has 2 amide bonds. The van der Waals surface area contributed by atoms with Gasteiger partial charge in [-0.3, -0.25) is 4.79 Å². The quantitative estimate of drug-likeness (QED) is 0.485. The van der Waals surface area contributed by atoms with Crippen LogP contribution in [0.25, 0.3) is 11.1 Å². The van der Waals surface area contributed by atoms with Gasteiger partial charge in [-0.2, -0.15) is 0 Å². The smallest absolute Gasteiger partial charge is 0.407 e. The maximum Gasteiger partial charge on any atom is 0.407 e. The first-order valence-corrected chi connectivity index (χ1v) is 12.5. The lowest BCUT2D eigenvalue weighted by Crippen LogP contribution is -2.44. The van der Waals surface area contributed by atoms with Crippen LogP contribution in [0.5, 0.6) is 0 Å². The van der Waals surface area contributed by atoms with Crippen molar-refractivity contribution < 1.29 is 24.2 Å². The maximum atomic E-state index is 12.7. The second kappa shape index (κ2) is 10.9. The van der Waals surface area contributed by atoms with Crippen molar-refractivity contribution in [2.45, 2.75) is 64.0 Å². The SMILES string of the molecule is CC(C)C[C@H](NC(=O)C[C@@H]1CCC[C@H]1NC(=O)OCC1c2ccccc2-c2ccccc21)C(=O)O. The number of carboxylic acids is 1. The van der Waals surface area contributed by atoms with Gasteiger partial charge in [-0.1, -0.05) is 68.8 Å². The molecular formula is C28H34N2O5. The van der Waals surface area contributed by atoms with Crippen molar-refractivity contribution in [2.24, 2.45) is 11.8 Å². The summed E-state index contributed by atoms with van der Waals surface area (Å²) in [6.45, 7) is 4.09. The van der Waals surface area contributed by atoms with Crippen LogP contribution in [-0.2, 0) is 14.3 Å². The number of fused-ring (bicyclic) bond motifs is 3. The number of ether oxygens (including phenoxy) is 1. The first-order chi connectivity index (χ1) is 16.8. The number of rotatable bonds is 9. The lowest BCUT2D eigenvalue weighted by atomic mass is 9.98. The summed E-state index contributed by atoms with van der Waals surface area (Å²) in [6, 6.07) is 15.3. The standard InChI is InChI=1S/C28H34N2O5/c1-17(2)14-25(27(32)33)29-26(31)15-18-8-7-13-24(18)30-28(34)35-16-23-21-11-5-3-9-19(21)20-10-4-6-12-22(20)23/h3-6,9-12,17-18,23-25H,7-8,13-16H2,1-2H3,(H,29,31)(H,30,34)(H,32,33)/t18-,24+,25-/m0/s1. The predicted octanol–water partition coefficient (Wildman–Crippen LogP) is 4.70. The molecule has 0 bridgehead atoms. The molecule has 3 atom stereocenters. The van der Waals surface area contributed by atoms with Crippen molar-refractivity contribution in [3.63, 3.8) is 0 Å². The average Bonchev–Trinajstić information content (AvgIpc) is 3.38. The highest BCUT2D eigenvalue weighted by Gasteiger charge is 2.33. The molecule has 2 aromatic carbocycles. The van der Waals surface area contributed by atoms with Crippen LogP contribution in [0, 0.1) is 11.8 Å². The summed E-state index contributed by atoms with van der Waals surface area (Å²) in [5.41, 5.74) is 4.67. The molecule has 7 heteroatoms. The molecule has 0 spiro atoms. The van der Waals surface area contributed by atoms with Crippen molar-refractivity contribution in [1.82, 2.24) is 10.6 Å². The van der Waals surface area contributed by atoms with Crippen LogP contribution in [0.4, 0.5) is 4.79 Å². The van der Waals surface area contributed by atoms with E-state index in [9.17, 15) is 19.5 Å². The molecule has 186 valence electrons. The van der Waals surface area contributed by atoms with E-state index >= 15 is 0 Å². The van der Waals surface area contributed by atoms with Crippen molar-refractivity contribution in [2.75, 3.05) is 6.61 Å². The third-order valence-electron chi connectivity index (χ3n) is 7.09. The summed E-state index contributed by atoms with van der Waals surface area (Å²) >= 11 is 0. The van der Waals surface area contributed by atoms with E-state index in [0.29, 0.717) is 6.42 Å². The van der Waals surface area contributed by atoms with E-state index < -0.39 is 18.1 Å². The zero-order valence-electron chi connectivity index (χ0n) is 20.3. The van der Waals surface area contributed by atoms with Gasteiger partial charge in [0, 0.05) is 18.4 Å². The zero-order chi connectivity index (χ0) is 24.9. The Morgan fingerprint density at radius 3 is 2.23 bits per heavy atom. The normalized spacial score (nSPS) is 19.6. The summed E-state index contributed by atoms with van der Waals surface area (Å²) in [5.74, 6) is -1.20. The van der Waals surface area contributed by atoms with Crippen LogP contribution in [0.1, 0.15) is 63.0 Å². The summed E-state index contributed by atoms with van der Waals surface area (Å²) in [7, 11) is 0. The fraction of sp³-hybridized carbons (Fsp3) is 0.464. The van der Waals surface area contributed by atoms with Gasteiger partial charge in [0.05, 0.1) is 0 Å². The minimum atomic E-state index is -1.02. The van der Waals surface area contributed by atoms with Gasteiger partial charge in [-0.15, -0.1) is 0 Å². The Balaban J connectivity index is 1.31. The highest BCUT2D eigenvalue weighted by atomic mass is 16.5. The van der Waals surface area contributed by atoms with Crippen molar-refractivity contribution in [3.05, 3.63) is 59.7 Å². The molecule has 35 heavy (non-hydrogen) atoms. The number of carboxylic acid groups (broad SMARTS) is 1. The maximum absolute atomic E-state index is 12.7. The van der Waals surface area contributed by atoms with Crippen LogP contribution in [0.3, 0.4) is 0 Å². The Kier molecular flexibility index (Phi) is 7.73. The molecule has 0 aromatic heterocycles. The van der Waals surface area contributed by atoms with Gasteiger partial charge in [0.15, 0.2) is 0 Å². The van der Waals surface area contributed by atoms with E-state index in [2.05, 4.69) is 34.9 Å². The molecule has 1 saturated carbocycles. The van der Waals surface area contributed by atoms with E-state index in [0.717, 1.165) is 30.4 Å². The topological polar surface area (TPSA) is 105 Å². The Morgan fingerprint density at radius 1 is 1.00 bits per heavy atom. The molecule has 0 aliphatic heterocycles. The first-order valence-electron chi connectivity index (χ1n) is 12.5. The average molecular weight is 479 g/mol. The van der Waals surface area contributed by atoms with E-state index in [4.69, 9.17) is 4.74 Å². The lowest BCUT2D eigenvalue weighted by molar-refractivity contribution is -0.142. The van der Waals surface area contributed by atoms with Crippen LogP contribution in [-0.4, -0.2) is 41.8 Å². The molecule has 7 nitrogen and oxygen atoms in total. The monoisotopic (exact) mass is 478 g/mol. The van der Waals surface area contributed by atoms with Crippen LogP contribution in [0.15, 0.2) is 48.5 Å². The van der Waals surface area contributed by atoms with Crippen LogP contribution in [0.2, 0.25) is 0 Å². The first kappa shape index (κ1) is 24.8. The number of carbonyl (C=O) groups excluding carboxylic acids is 2. The predicted molar refractivity (Wildman–Crippen MR) is 133 cm³/mol. The number of hydrogen-bond acceptors (Lipinski definition) is 4. The van der Waals surface area contributed by atoms with Gasteiger partial charge >= 0.3 is 12.1 Å². The molecule has 0 radical (unpaired) electrons. The molecule has 0 heterocycles. The lowest BCUT2D eigenvalue weighted by Gasteiger charge is -2.23. The molecule has 0 saturated heterocycles.